The Labute approximate surface area is 162 Å². The van der Waals surface area contributed by atoms with Crippen molar-refractivity contribution >= 4 is 32.7 Å². The molecule has 0 saturated carbocycles. The van der Waals surface area contributed by atoms with E-state index in [2.05, 4.69) is 20.2 Å². The molecule has 0 spiro atoms. The molecule has 0 atom stereocenters. The molecule has 4 rings (SSSR count). The molecule has 0 radical (unpaired) electrons. The number of carbonyl (C=O) groups is 1. The molecule has 3 heterocycles. The molecule has 9 heteroatoms. The van der Waals surface area contributed by atoms with Crippen LogP contribution in [0.25, 0.3) is 22.2 Å². The Balaban J connectivity index is 1.57. The summed E-state index contributed by atoms with van der Waals surface area (Å²) < 4.78 is 23.1. The maximum atomic E-state index is 11.6. The van der Waals surface area contributed by atoms with Crippen LogP contribution >= 0.6 is 0 Å². The number of amides is 2. The van der Waals surface area contributed by atoms with Gasteiger partial charge in [0, 0.05) is 31.2 Å². The first kappa shape index (κ1) is 18.5. The molecule has 1 aliphatic heterocycles. The summed E-state index contributed by atoms with van der Waals surface area (Å²) >= 11 is 0. The lowest BCUT2D eigenvalue weighted by Crippen LogP contribution is -2.39. The van der Waals surface area contributed by atoms with Crippen molar-refractivity contribution in [3.63, 3.8) is 0 Å². The van der Waals surface area contributed by atoms with Crippen LogP contribution < -0.4 is 11.1 Å². The lowest BCUT2D eigenvalue weighted by atomic mass is 10.0. The second-order valence-electron chi connectivity index (χ2n) is 6.91. The average Bonchev–Trinajstić information content (AvgIpc) is 3.11. The molecule has 1 saturated heterocycles. The summed E-state index contributed by atoms with van der Waals surface area (Å²) in [6, 6.07) is 11.2. The molecule has 8 nitrogen and oxygen atoms in total. The molecule has 0 bridgehead atoms. The summed E-state index contributed by atoms with van der Waals surface area (Å²) in [6.45, 7) is 1.86. The zero-order valence-corrected chi connectivity index (χ0v) is 16.0. The number of carbonyl (C=O) groups excluding carboxylic acids is 1. The van der Waals surface area contributed by atoms with E-state index >= 15 is 0 Å². The second kappa shape index (κ2) is 7.25. The van der Waals surface area contributed by atoms with Crippen LogP contribution in [0.15, 0.2) is 42.6 Å². The predicted molar refractivity (Wildman–Crippen MR) is 109 cm³/mol. The standard InChI is InChI=1S/C19H21N5O3S/c20-19(25)23-17-11-16(15-5-6-21-18(15)22-17)14-3-1-13(2-4-14)12-24-7-9-28(26,27)10-8-24/h1-6,11H,7-10,12H2,(H4,20,21,22,23,25). The van der Waals surface area contributed by atoms with E-state index in [1.165, 1.54) is 0 Å². The fraction of sp³-hybridized carbons (Fsp3) is 0.263. The molecule has 2 amide bonds. The second-order valence-corrected chi connectivity index (χ2v) is 9.21. The van der Waals surface area contributed by atoms with Gasteiger partial charge >= 0.3 is 6.03 Å². The van der Waals surface area contributed by atoms with Crippen molar-refractivity contribution in [1.29, 1.82) is 0 Å². The summed E-state index contributed by atoms with van der Waals surface area (Å²) in [7, 11) is -2.87. The number of aromatic amines is 1. The van der Waals surface area contributed by atoms with E-state index in [-0.39, 0.29) is 11.5 Å². The van der Waals surface area contributed by atoms with Gasteiger partial charge in [-0.25, -0.2) is 18.2 Å². The number of anilines is 1. The molecule has 3 aromatic rings. The average molecular weight is 399 g/mol. The third-order valence-electron chi connectivity index (χ3n) is 4.89. The van der Waals surface area contributed by atoms with Crippen molar-refractivity contribution in [1.82, 2.24) is 14.9 Å². The van der Waals surface area contributed by atoms with Crippen LogP contribution in [0.4, 0.5) is 10.6 Å². The minimum Gasteiger partial charge on any atom is -0.351 e. The quantitative estimate of drug-likeness (QED) is 0.619. The Morgan fingerprint density at radius 2 is 1.89 bits per heavy atom. The summed E-state index contributed by atoms with van der Waals surface area (Å²) in [5, 5.41) is 3.47. The van der Waals surface area contributed by atoms with Gasteiger partial charge in [-0.3, -0.25) is 10.2 Å². The molecular weight excluding hydrogens is 378 g/mol. The van der Waals surface area contributed by atoms with Crippen molar-refractivity contribution in [3.05, 3.63) is 48.2 Å². The van der Waals surface area contributed by atoms with Crippen molar-refractivity contribution in [2.45, 2.75) is 6.54 Å². The van der Waals surface area contributed by atoms with Gasteiger partial charge in [0.25, 0.3) is 0 Å². The third kappa shape index (κ3) is 4.00. The minimum absolute atomic E-state index is 0.225. The monoisotopic (exact) mass is 399 g/mol. The van der Waals surface area contributed by atoms with Gasteiger partial charge in [-0.2, -0.15) is 0 Å². The van der Waals surface area contributed by atoms with E-state index in [0.717, 1.165) is 28.6 Å². The highest BCUT2D eigenvalue weighted by Crippen LogP contribution is 2.30. The number of benzene rings is 1. The fourth-order valence-corrected chi connectivity index (χ4v) is 4.70. The number of rotatable bonds is 4. The summed E-state index contributed by atoms with van der Waals surface area (Å²) in [4.78, 5) is 20.7. The van der Waals surface area contributed by atoms with Crippen LogP contribution in [0.2, 0.25) is 0 Å². The van der Waals surface area contributed by atoms with Gasteiger partial charge in [0.2, 0.25) is 0 Å². The van der Waals surface area contributed by atoms with Crippen molar-refractivity contribution in [3.8, 4) is 11.1 Å². The van der Waals surface area contributed by atoms with Crippen LogP contribution in [0.3, 0.4) is 0 Å². The zero-order chi connectivity index (χ0) is 19.7. The van der Waals surface area contributed by atoms with E-state index in [4.69, 9.17) is 5.73 Å². The van der Waals surface area contributed by atoms with Gasteiger partial charge in [-0.15, -0.1) is 0 Å². The van der Waals surface area contributed by atoms with Gasteiger partial charge in [0.15, 0.2) is 9.84 Å². The molecule has 1 fully saturated rings. The molecule has 1 aliphatic rings. The third-order valence-corrected chi connectivity index (χ3v) is 6.50. The number of pyridine rings is 1. The normalized spacial score (nSPS) is 16.9. The molecule has 1 aromatic carbocycles. The SMILES string of the molecule is NC(=O)Nc1cc(-c2ccc(CN3CCS(=O)(=O)CC3)cc2)c2cc[nH]c2n1. The largest absolute Gasteiger partial charge is 0.351 e. The molecular formula is C19H21N5O3S. The number of primary amides is 1. The fourth-order valence-electron chi connectivity index (χ4n) is 3.42. The van der Waals surface area contributed by atoms with Crippen molar-refractivity contribution in [2.75, 3.05) is 29.9 Å². The van der Waals surface area contributed by atoms with Gasteiger partial charge in [0.05, 0.1) is 11.5 Å². The number of aromatic nitrogens is 2. The van der Waals surface area contributed by atoms with Gasteiger partial charge in [0.1, 0.15) is 11.5 Å². The topological polar surface area (TPSA) is 121 Å². The maximum absolute atomic E-state index is 11.6. The lowest BCUT2D eigenvalue weighted by Gasteiger charge is -2.26. The maximum Gasteiger partial charge on any atom is 0.317 e. The molecule has 28 heavy (non-hydrogen) atoms. The van der Waals surface area contributed by atoms with Crippen molar-refractivity contribution in [2.24, 2.45) is 5.73 Å². The minimum atomic E-state index is -2.87. The summed E-state index contributed by atoms with van der Waals surface area (Å²) in [5.41, 5.74) is 8.93. The number of H-pyrrole nitrogens is 1. The highest BCUT2D eigenvalue weighted by molar-refractivity contribution is 7.91. The Hall–Kier alpha value is -2.91. The highest BCUT2D eigenvalue weighted by atomic mass is 32.2. The van der Waals surface area contributed by atoms with E-state index in [1.807, 2.05) is 30.3 Å². The number of fused-ring (bicyclic) bond motifs is 1. The number of hydrogen-bond donors (Lipinski definition) is 3. The Bertz CT molecular complexity index is 1110. The first-order chi connectivity index (χ1) is 13.4. The number of nitrogens with zero attached hydrogens (tertiary/aromatic N) is 2. The molecule has 146 valence electrons. The summed E-state index contributed by atoms with van der Waals surface area (Å²) in [5.74, 6) is 0.836. The first-order valence-corrected chi connectivity index (χ1v) is 10.8. The molecule has 2 aromatic heterocycles. The first-order valence-electron chi connectivity index (χ1n) is 8.96. The smallest absolute Gasteiger partial charge is 0.317 e. The van der Waals surface area contributed by atoms with E-state index in [9.17, 15) is 13.2 Å². The molecule has 0 aliphatic carbocycles. The van der Waals surface area contributed by atoms with E-state index in [0.29, 0.717) is 24.6 Å². The van der Waals surface area contributed by atoms with Crippen LogP contribution in [-0.4, -0.2) is 53.9 Å². The van der Waals surface area contributed by atoms with Gasteiger partial charge < -0.3 is 10.7 Å². The predicted octanol–water partition coefficient (Wildman–Crippen LogP) is 1.95. The number of nitrogens with two attached hydrogens (primary N) is 1. The van der Waals surface area contributed by atoms with Crippen LogP contribution in [0, 0.1) is 0 Å². The van der Waals surface area contributed by atoms with Crippen molar-refractivity contribution < 1.29 is 13.2 Å². The summed E-state index contributed by atoms with van der Waals surface area (Å²) in [6.07, 6.45) is 1.80. The van der Waals surface area contributed by atoms with Crippen LogP contribution in [0.5, 0.6) is 0 Å². The van der Waals surface area contributed by atoms with Gasteiger partial charge in [-0.05, 0) is 28.8 Å². The zero-order valence-electron chi connectivity index (χ0n) is 15.2. The van der Waals surface area contributed by atoms with Crippen LogP contribution in [-0.2, 0) is 16.4 Å². The Morgan fingerprint density at radius 1 is 1.18 bits per heavy atom. The Kier molecular flexibility index (Phi) is 4.78. The number of urea groups is 1. The number of hydrogen-bond acceptors (Lipinski definition) is 5. The van der Waals surface area contributed by atoms with Gasteiger partial charge in [-0.1, -0.05) is 24.3 Å². The van der Waals surface area contributed by atoms with Crippen LogP contribution in [0.1, 0.15) is 5.56 Å². The molecule has 0 unspecified atom stereocenters. The highest BCUT2D eigenvalue weighted by Gasteiger charge is 2.21. The van der Waals surface area contributed by atoms with E-state index in [1.54, 1.807) is 12.3 Å². The number of sulfone groups is 1. The van der Waals surface area contributed by atoms with E-state index < -0.39 is 15.9 Å². The lowest BCUT2D eigenvalue weighted by molar-refractivity contribution is 0.259. The molecule has 4 N–H and O–H groups in total. The Morgan fingerprint density at radius 3 is 2.57 bits per heavy atom. The number of nitrogens with one attached hydrogen (secondary N) is 2.